The van der Waals surface area contributed by atoms with Crippen LogP contribution in [0.25, 0.3) is 11.4 Å². The lowest BCUT2D eigenvalue weighted by Gasteiger charge is -2.01. The van der Waals surface area contributed by atoms with E-state index >= 15 is 0 Å². The molecule has 3 rings (SSSR count). The maximum atomic E-state index is 12.9. The number of aromatic nitrogens is 3. The molecular formula is C15H10FIN4O. The molecule has 0 aliphatic heterocycles. The van der Waals surface area contributed by atoms with Crippen LogP contribution in [0.5, 0.6) is 0 Å². The molecule has 0 saturated heterocycles. The van der Waals surface area contributed by atoms with E-state index in [0.717, 1.165) is 3.57 Å². The van der Waals surface area contributed by atoms with Crippen molar-refractivity contribution in [3.63, 3.8) is 0 Å². The van der Waals surface area contributed by atoms with Crippen molar-refractivity contribution in [2.24, 2.45) is 0 Å². The number of nitrogens with zero attached hydrogens (tertiary/aromatic N) is 2. The van der Waals surface area contributed by atoms with Crippen molar-refractivity contribution < 1.29 is 9.18 Å². The summed E-state index contributed by atoms with van der Waals surface area (Å²) < 4.78 is 13.9. The predicted octanol–water partition coefficient (Wildman–Crippen LogP) is 3.47. The van der Waals surface area contributed by atoms with E-state index in [1.54, 1.807) is 30.3 Å². The monoisotopic (exact) mass is 408 g/mol. The summed E-state index contributed by atoms with van der Waals surface area (Å²) in [4.78, 5) is 16.3. The Morgan fingerprint density at radius 3 is 2.68 bits per heavy atom. The molecule has 2 aromatic carbocycles. The summed E-state index contributed by atoms with van der Waals surface area (Å²) in [5.41, 5.74) is 1.21. The average molecular weight is 408 g/mol. The first kappa shape index (κ1) is 14.6. The van der Waals surface area contributed by atoms with Crippen molar-refractivity contribution in [2.45, 2.75) is 0 Å². The van der Waals surface area contributed by atoms with Gasteiger partial charge in [-0.25, -0.2) is 4.39 Å². The van der Waals surface area contributed by atoms with E-state index in [9.17, 15) is 9.18 Å². The normalized spacial score (nSPS) is 10.5. The van der Waals surface area contributed by atoms with Crippen LogP contribution in [0, 0.1) is 9.39 Å². The fraction of sp³-hybridized carbons (Fsp3) is 0. The van der Waals surface area contributed by atoms with Gasteiger partial charge < -0.3 is 0 Å². The van der Waals surface area contributed by atoms with Crippen LogP contribution in [-0.4, -0.2) is 21.1 Å². The molecule has 1 aromatic heterocycles. The third kappa shape index (κ3) is 3.30. The van der Waals surface area contributed by atoms with Gasteiger partial charge in [0.1, 0.15) is 5.82 Å². The second-order valence-corrected chi connectivity index (χ2v) is 5.72. The van der Waals surface area contributed by atoms with Crippen molar-refractivity contribution >= 4 is 34.4 Å². The number of halogens is 2. The van der Waals surface area contributed by atoms with Crippen LogP contribution in [0.3, 0.4) is 0 Å². The van der Waals surface area contributed by atoms with Gasteiger partial charge in [0.25, 0.3) is 5.91 Å². The number of aromatic amines is 1. The summed E-state index contributed by atoms with van der Waals surface area (Å²) in [6, 6.07) is 13.0. The molecule has 2 N–H and O–H groups in total. The molecule has 0 saturated carbocycles. The number of benzene rings is 2. The zero-order valence-corrected chi connectivity index (χ0v) is 13.3. The van der Waals surface area contributed by atoms with Gasteiger partial charge in [0.2, 0.25) is 5.95 Å². The number of hydrogen-bond donors (Lipinski definition) is 2. The lowest BCUT2D eigenvalue weighted by molar-refractivity contribution is 0.102. The van der Waals surface area contributed by atoms with E-state index in [0.29, 0.717) is 17.0 Å². The Bertz CT molecular complexity index is 816. The topological polar surface area (TPSA) is 70.7 Å². The van der Waals surface area contributed by atoms with Crippen LogP contribution in [0.2, 0.25) is 0 Å². The second-order valence-electron chi connectivity index (χ2n) is 4.48. The SMILES string of the molecule is O=C(Nc1n[nH]c(-c2ccc(F)cc2)n1)c1cccc(I)c1. The molecule has 7 heteroatoms. The van der Waals surface area contributed by atoms with E-state index < -0.39 is 0 Å². The Kier molecular flexibility index (Phi) is 4.14. The number of anilines is 1. The minimum absolute atomic E-state index is 0.170. The molecule has 0 spiro atoms. The number of carbonyl (C=O) groups excluding carboxylic acids is 1. The maximum Gasteiger partial charge on any atom is 0.258 e. The predicted molar refractivity (Wildman–Crippen MR) is 88.9 cm³/mol. The Morgan fingerprint density at radius 1 is 1.18 bits per heavy atom. The Hall–Kier alpha value is -2.29. The summed E-state index contributed by atoms with van der Waals surface area (Å²) in [6.45, 7) is 0. The van der Waals surface area contributed by atoms with Crippen molar-refractivity contribution in [3.05, 3.63) is 63.5 Å². The standard InChI is InChI=1S/C15H10FIN4O/c16-11-6-4-9(5-7-11)13-18-15(21-20-13)19-14(22)10-2-1-3-12(17)8-10/h1-8H,(H2,18,19,20,21,22). The lowest BCUT2D eigenvalue weighted by atomic mass is 10.2. The van der Waals surface area contributed by atoms with Crippen molar-refractivity contribution in [1.82, 2.24) is 15.2 Å². The fourth-order valence-electron chi connectivity index (χ4n) is 1.86. The van der Waals surface area contributed by atoms with E-state index in [-0.39, 0.29) is 17.7 Å². The highest BCUT2D eigenvalue weighted by Gasteiger charge is 2.11. The van der Waals surface area contributed by atoms with Gasteiger partial charge in [0.15, 0.2) is 5.82 Å². The van der Waals surface area contributed by atoms with Crippen LogP contribution in [0.1, 0.15) is 10.4 Å². The number of H-pyrrole nitrogens is 1. The summed E-state index contributed by atoms with van der Waals surface area (Å²) in [5.74, 6) is 0.0137. The second kappa shape index (κ2) is 6.22. The van der Waals surface area contributed by atoms with Crippen molar-refractivity contribution in [1.29, 1.82) is 0 Å². The molecule has 0 aliphatic rings. The molecule has 1 amide bonds. The molecular weight excluding hydrogens is 398 g/mol. The number of hydrogen-bond acceptors (Lipinski definition) is 3. The first-order valence-corrected chi connectivity index (χ1v) is 7.45. The van der Waals surface area contributed by atoms with E-state index in [4.69, 9.17) is 0 Å². The first-order chi connectivity index (χ1) is 10.6. The van der Waals surface area contributed by atoms with Gasteiger partial charge in [-0.15, -0.1) is 5.10 Å². The highest BCUT2D eigenvalue weighted by Crippen LogP contribution is 2.17. The molecule has 0 unspecified atom stereocenters. The van der Waals surface area contributed by atoms with Gasteiger partial charge in [-0.05, 0) is 65.1 Å². The van der Waals surface area contributed by atoms with E-state index in [1.165, 1.54) is 12.1 Å². The minimum Gasteiger partial charge on any atom is -0.289 e. The zero-order valence-electron chi connectivity index (χ0n) is 11.2. The summed E-state index contributed by atoms with van der Waals surface area (Å²) in [5, 5.41) is 9.27. The van der Waals surface area contributed by atoms with Gasteiger partial charge in [-0.3, -0.25) is 15.2 Å². The van der Waals surface area contributed by atoms with Crippen LogP contribution in [0.15, 0.2) is 48.5 Å². The van der Waals surface area contributed by atoms with Gasteiger partial charge >= 0.3 is 0 Å². The maximum absolute atomic E-state index is 12.9. The van der Waals surface area contributed by atoms with Crippen molar-refractivity contribution in [2.75, 3.05) is 5.32 Å². The Balaban J connectivity index is 1.77. The summed E-state index contributed by atoms with van der Waals surface area (Å²) in [6.07, 6.45) is 0. The Labute approximate surface area is 139 Å². The number of rotatable bonds is 3. The van der Waals surface area contributed by atoms with Crippen molar-refractivity contribution in [3.8, 4) is 11.4 Å². The quantitative estimate of drug-likeness (QED) is 0.653. The average Bonchev–Trinajstić information content (AvgIpc) is 2.96. The smallest absolute Gasteiger partial charge is 0.258 e. The molecule has 0 aliphatic carbocycles. The van der Waals surface area contributed by atoms with Crippen LogP contribution in [-0.2, 0) is 0 Å². The van der Waals surface area contributed by atoms with E-state index in [2.05, 4.69) is 43.1 Å². The molecule has 110 valence electrons. The number of nitrogens with one attached hydrogen (secondary N) is 2. The lowest BCUT2D eigenvalue weighted by Crippen LogP contribution is -2.13. The Morgan fingerprint density at radius 2 is 1.95 bits per heavy atom. The highest BCUT2D eigenvalue weighted by atomic mass is 127. The van der Waals surface area contributed by atoms with Gasteiger partial charge in [0, 0.05) is 14.7 Å². The van der Waals surface area contributed by atoms with Gasteiger partial charge in [0.05, 0.1) is 0 Å². The molecule has 0 radical (unpaired) electrons. The largest absolute Gasteiger partial charge is 0.289 e. The summed E-state index contributed by atoms with van der Waals surface area (Å²) in [7, 11) is 0. The summed E-state index contributed by atoms with van der Waals surface area (Å²) >= 11 is 2.14. The molecule has 0 bridgehead atoms. The minimum atomic E-state index is -0.324. The molecule has 0 fully saturated rings. The van der Waals surface area contributed by atoms with Gasteiger partial charge in [-0.1, -0.05) is 6.07 Å². The highest BCUT2D eigenvalue weighted by molar-refractivity contribution is 14.1. The molecule has 5 nitrogen and oxygen atoms in total. The third-order valence-corrected chi connectivity index (χ3v) is 3.59. The number of carbonyl (C=O) groups is 1. The third-order valence-electron chi connectivity index (χ3n) is 2.92. The molecule has 22 heavy (non-hydrogen) atoms. The fourth-order valence-corrected chi connectivity index (χ4v) is 2.40. The van der Waals surface area contributed by atoms with Crippen LogP contribution < -0.4 is 5.32 Å². The zero-order chi connectivity index (χ0) is 15.5. The molecule has 0 atom stereocenters. The first-order valence-electron chi connectivity index (χ1n) is 6.37. The number of amides is 1. The van der Waals surface area contributed by atoms with E-state index in [1.807, 2.05) is 6.07 Å². The van der Waals surface area contributed by atoms with Crippen LogP contribution in [0.4, 0.5) is 10.3 Å². The van der Waals surface area contributed by atoms with Crippen LogP contribution >= 0.6 is 22.6 Å². The van der Waals surface area contributed by atoms with Gasteiger partial charge in [-0.2, -0.15) is 4.98 Å². The molecule has 1 heterocycles. The molecule has 3 aromatic rings.